The monoisotopic (exact) mass is 225 g/mol. The summed E-state index contributed by atoms with van der Waals surface area (Å²) in [6.07, 6.45) is 0.0337. The van der Waals surface area contributed by atoms with E-state index >= 15 is 0 Å². The van der Waals surface area contributed by atoms with E-state index in [2.05, 4.69) is 5.10 Å². The molecule has 0 aliphatic heterocycles. The third-order valence-electron chi connectivity index (χ3n) is 2.43. The van der Waals surface area contributed by atoms with E-state index in [1.165, 1.54) is 6.07 Å². The van der Waals surface area contributed by atoms with E-state index in [0.29, 0.717) is 0 Å². The van der Waals surface area contributed by atoms with Gasteiger partial charge in [-0.3, -0.25) is 4.79 Å². The zero-order valence-corrected chi connectivity index (χ0v) is 9.42. The summed E-state index contributed by atoms with van der Waals surface area (Å²) >= 11 is 0. The lowest BCUT2D eigenvalue weighted by Crippen LogP contribution is -2.18. The van der Waals surface area contributed by atoms with Crippen LogP contribution in [0, 0.1) is 18.3 Å². The van der Waals surface area contributed by atoms with E-state index in [1.54, 1.807) is 4.68 Å². The van der Waals surface area contributed by atoms with Crippen molar-refractivity contribution in [2.75, 3.05) is 0 Å². The van der Waals surface area contributed by atoms with Gasteiger partial charge in [0.1, 0.15) is 5.69 Å². The SMILES string of the molecule is Cc1cc(=O)c(CC#N)nn1-c1ccccc1. The van der Waals surface area contributed by atoms with Crippen LogP contribution in [0.15, 0.2) is 41.2 Å². The van der Waals surface area contributed by atoms with Crippen LogP contribution in [-0.4, -0.2) is 9.78 Å². The van der Waals surface area contributed by atoms with Gasteiger partial charge >= 0.3 is 0 Å². The van der Waals surface area contributed by atoms with Gasteiger partial charge in [-0.2, -0.15) is 10.4 Å². The minimum atomic E-state index is -0.184. The van der Waals surface area contributed by atoms with Crippen molar-refractivity contribution in [3.8, 4) is 11.8 Å². The van der Waals surface area contributed by atoms with E-state index in [9.17, 15) is 4.79 Å². The third-order valence-corrected chi connectivity index (χ3v) is 2.43. The summed E-state index contributed by atoms with van der Waals surface area (Å²) in [5.41, 5.74) is 1.73. The zero-order chi connectivity index (χ0) is 12.3. The van der Waals surface area contributed by atoms with Crippen LogP contribution < -0.4 is 5.43 Å². The molecule has 1 aromatic carbocycles. The van der Waals surface area contributed by atoms with Crippen LogP contribution in [0.5, 0.6) is 0 Å². The minimum absolute atomic E-state index is 0.0337. The average Bonchev–Trinajstić information content (AvgIpc) is 2.34. The number of aromatic nitrogens is 2. The van der Waals surface area contributed by atoms with Crippen molar-refractivity contribution in [2.45, 2.75) is 13.3 Å². The fraction of sp³-hybridized carbons (Fsp3) is 0.154. The third kappa shape index (κ3) is 2.23. The standard InChI is InChI=1S/C13H11N3O/c1-10-9-13(17)12(7-8-14)15-16(10)11-5-3-2-4-6-11/h2-6,9H,7H2,1H3. The molecule has 0 spiro atoms. The quantitative estimate of drug-likeness (QED) is 0.780. The predicted octanol–water partition coefficient (Wildman–Crippen LogP) is 1.61. The summed E-state index contributed by atoms with van der Waals surface area (Å²) in [5, 5.41) is 12.9. The van der Waals surface area contributed by atoms with E-state index in [1.807, 2.05) is 43.3 Å². The Morgan fingerprint density at radius 3 is 2.71 bits per heavy atom. The molecule has 0 saturated heterocycles. The maximum absolute atomic E-state index is 11.6. The molecule has 0 aliphatic carbocycles. The average molecular weight is 225 g/mol. The fourth-order valence-electron chi connectivity index (χ4n) is 1.61. The highest BCUT2D eigenvalue weighted by atomic mass is 16.1. The molecular weight excluding hydrogens is 214 g/mol. The molecule has 0 bridgehead atoms. The summed E-state index contributed by atoms with van der Waals surface area (Å²) in [6, 6.07) is 13.0. The van der Waals surface area contributed by atoms with Gasteiger partial charge in [0.2, 0.25) is 5.43 Å². The molecule has 0 fully saturated rings. The first kappa shape index (κ1) is 11.1. The van der Waals surface area contributed by atoms with Crippen LogP contribution in [0.2, 0.25) is 0 Å². The number of aryl methyl sites for hydroxylation is 1. The lowest BCUT2D eigenvalue weighted by Gasteiger charge is -2.09. The molecule has 84 valence electrons. The van der Waals surface area contributed by atoms with Gasteiger partial charge in [-0.15, -0.1) is 0 Å². The molecule has 0 amide bonds. The summed E-state index contributed by atoms with van der Waals surface area (Å²) in [7, 11) is 0. The van der Waals surface area contributed by atoms with E-state index < -0.39 is 0 Å². The highest BCUT2D eigenvalue weighted by Crippen LogP contribution is 2.07. The van der Waals surface area contributed by atoms with E-state index in [4.69, 9.17) is 5.26 Å². The fourth-order valence-corrected chi connectivity index (χ4v) is 1.61. The first-order valence-corrected chi connectivity index (χ1v) is 5.24. The maximum atomic E-state index is 11.6. The van der Waals surface area contributed by atoms with Crippen LogP contribution in [0.25, 0.3) is 5.69 Å². The van der Waals surface area contributed by atoms with Gasteiger partial charge in [0, 0.05) is 11.8 Å². The van der Waals surface area contributed by atoms with Crippen LogP contribution in [0.3, 0.4) is 0 Å². The summed E-state index contributed by atoms with van der Waals surface area (Å²) in [4.78, 5) is 11.6. The van der Waals surface area contributed by atoms with Gasteiger partial charge in [0.15, 0.2) is 0 Å². The van der Waals surface area contributed by atoms with Crippen LogP contribution >= 0.6 is 0 Å². The number of nitrogens with zero attached hydrogens (tertiary/aromatic N) is 3. The van der Waals surface area contributed by atoms with Crippen molar-refractivity contribution < 1.29 is 0 Å². The molecular formula is C13H11N3O. The second kappa shape index (κ2) is 4.62. The van der Waals surface area contributed by atoms with Gasteiger partial charge in [-0.25, -0.2) is 4.68 Å². The summed E-state index contributed by atoms with van der Waals surface area (Å²) in [5.74, 6) is 0. The Hall–Kier alpha value is -2.41. The van der Waals surface area contributed by atoms with Crippen molar-refractivity contribution in [1.29, 1.82) is 5.26 Å². The Bertz CT molecular complexity index is 623. The van der Waals surface area contributed by atoms with Crippen molar-refractivity contribution in [3.63, 3.8) is 0 Å². The summed E-state index contributed by atoms with van der Waals surface area (Å²) in [6.45, 7) is 1.82. The smallest absolute Gasteiger partial charge is 0.204 e. The van der Waals surface area contributed by atoms with Crippen molar-refractivity contribution in [3.05, 3.63) is 58.0 Å². The topological polar surface area (TPSA) is 58.7 Å². The highest BCUT2D eigenvalue weighted by Gasteiger charge is 2.06. The molecule has 0 atom stereocenters. The number of hydrogen-bond donors (Lipinski definition) is 0. The molecule has 2 rings (SSSR count). The second-order valence-corrected chi connectivity index (χ2v) is 3.68. The van der Waals surface area contributed by atoms with Crippen molar-refractivity contribution in [2.24, 2.45) is 0 Å². The number of nitriles is 1. The number of para-hydroxylation sites is 1. The Labute approximate surface area is 98.8 Å². The van der Waals surface area contributed by atoms with Gasteiger partial charge in [0.05, 0.1) is 18.2 Å². The van der Waals surface area contributed by atoms with E-state index in [-0.39, 0.29) is 17.5 Å². The molecule has 0 saturated carbocycles. The molecule has 0 radical (unpaired) electrons. The van der Waals surface area contributed by atoms with Crippen LogP contribution in [0.4, 0.5) is 0 Å². The molecule has 0 N–H and O–H groups in total. The first-order valence-electron chi connectivity index (χ1n) is 5.24. The Morgan fingerprint density at radius 1 is 1.35 bits per heavy atom. The lowest BCUT2D eigenvalue weighted by molar-refractivity contribution is 0.767. The highest BCUT2D eigenvalue weighted by molar-refractivity contribution is 5.32. The maximum Gasteiger partial charge on any atom is 0.204 e. The predicted molar refractivity (Wildman–Crippen MR) is 63.9 cm³/mol. The Balaban J connectivity index is 2.59. The van der Waals surface area contributed by atoms with E-state index in [0.717, 1.165) is 11.4 Å². The first-order chi connectivity index (χ1) is 8.22. The zero-order valence-electron chi connectivity index (χ0n) is 9.42. The van der Waals surface area contributed by atoms with Crippen LogP contribution in [0.1, 0.15) is 11.4 Å². The molecule has 0 aliphatic rings. The van der Waals surface area contributed by atoms with Gasteiger partial charge in [-0.1, -0.05) is 18.2 Å². The number of rotatable bonds is 2. The number of hydrogen-bond acceptors (Lipinski definition) is 3. The summed E-state index contributed by atoms with van der Waals surface area (Å²) < 4.78 is 1.67. The molecule has 1 heterocycles. The molecule has 2 aromatic rings. The Morgan fingerprint density at radius 2 is 2.06 bits per heavy atom. The molecule has 0 unspecified atom stereocenters. The second-order valence-electron chi connectivity index (χ2n) is 3.68. The molecule has 4 nitrogen and oxygen atoms in total. The normalized spacial score (nSPS) is 9.88. The minimum Gasteiger partial charge on any atom is -0.288 e. The Kier molecular flexibility index (Phi) is 3.01. The van der Waals surface area contributed by atoms with Crippen molar-refractivity contribution in [1.82, 2.24) is 9.78 Å². The van der Waals surface area contributed by atoms with Crippen molar-refractivity contribution >= 4 is 0 Å². The lowest BCUT2D eigenvalue weighted by atomic mass is 10.2. The van der Waals surface area contributed by atoms with Crippen LogP contribution in [-0.2, 0) is 6.42 Å². The molecule has 17 heavy (non-hydrogen) atoms. The van der Waals surface area contributed by atoms with Gasteiger partial charge in [-0.05, 0) is 19.1 Å². The van der Waals surface area contributed by atoms with Gasteiger partial charge < -0.3 is 0 Å². The molecule has 1 aromatic heterocycles. The largest absolute Gasteiger partial charge is 0.288 e. The number of benzene rings is 1. The molecule has 4 heteroatoms. The van der Waals surface area contributed by atoms with Gasteiger partial charge in [0.25, 0.3) is 0 Å².